The van der Waals surface area contributed by atoms with Crippen molar-refractivity contribution in [1.29, 1.82) is 0 Å². The van der Waals surface area contributed by atoms with Crippen molar-refractivity contribution >= 4 is 17.3 Å². The highest BCUT2D eigenvalue weighted by Gasteiger charge is 2.20. The molecule has 0 aromatic carbocycles. The van der Waals surface area contributed by atoms with Crippen LogP contribution in [0.4, 0.5) is 4.79 Å². The van der Waals surface area contributed by atoms with Crippen molar-refractivity contribution in [2.24, 2.45) is 0 Å². The summed E-state index contributed by atoms with van der Waals surface area (Å²) in [6.07, 6.45) is 0.795. The summed E-state index contributed by atoms with van der Waals surface area (Å²) in [6.45, 7) is 0.989. The molecule has 2 aromatic heterocycles. The Hall–Kier alpha value is -2.08. The van der Waals surface area contributed by atoms with E-state index in [1.54, 1.807) is 6.07 Å². The number of nitrogens with zero attached hydrogens (tertiary/aromatic N) is 1. The fraction of sp³-hybridized carbons (Fsp3) is 0.333. The second-order valence-corrected chi connectivity index (χ2v) is 4.20. The predicted octanol–water partition coefficient (Wildman–Crippen LogP) is 2.31. The number of carboxylic acid groups (broad SMARTS) is 1. The fourth-order valence-electron chi connectivity index (χ4n) is 2.17. The summed E-state index contributed by atoms with van der Waals surface area (Å²) in [5.74, 6) is 0.893. The highest BCUT2D eigenvalue weighted by molar-refractivity contribution is 5.74. The first-order chi connectivity index (χ1) is 8.72. The molecule has 3 heterocycles. The van der Waals surface area contributed by atoms with Crippen LogP contribution in [0.1, 0.15) is 24.6 Å². The summed E-state index contributed by atoms with van der Waals surface area (Å²) in [5.41, 5.74) is 1.24. The van der Waals surface area contributed by atoms with Crippen LogP contribution in [0.3, 0.4) is 0 Å². The van der Waals surface area contributed by atoms with Gasteiger partial charge < -0.3 is 19.6 Å². The van der Waals surface area contributed by atoms with Gasteiger partial charge in [-0.15, -0.1) is 0 Å². The molecular formula is C12H12N2O4. The zero-order valence-electron chi connectivity index (χ0n) is 9.55. The van der Waals surface area contributed by atoms with Gasteiger partial charge in [-0.3, -0.25) is 0 Å². The summed E-state index contributed by atoms with van der Waals surface area (Å²) in [6, 6.07) is 5.20. The molecule has 2 aromatic rings. The van der Waals surface area contributed by atoms with Crippen molar-refractivity contribution in [3.05, 3.63) is 24.0 Å². The molecule has 6 nitrogen and oxygen atoms in total. The first-order valence-corrected chi connectivity index (χ1v) is 5.77. The topological polar surface area (TPSA) is 84.6 Å². The Morgan fingerprint density at radius 2 is 2.44 bits per heavy atom. The molecule has 1 aliphatic rings. The molecule has 0 amide bonds. The van der Waals surface area contributed by atoms with Crippen LogP contribution in [-0.4, -0.2) is 22.8 Å². The van der Waals surface area contributed by atoms with Gasteiger partial charge in [-0.2, -0.15) is 0 Å². The number of rotatable bonds is 2. The lowest BCUT2D eigenvalue weighted by Gasteiger charge is -2.04. The molecule has 1 fully saturated rings. The number of nitrogens with one attached hydrogen (secondary N) is 1. The minimum atomic E-state index is -1.37. The van der Waals surface area contributed by atoms with E-state index >= 15 is 0 Å². The number of hydrogen-bond donors (Lipinski definition) is 2. The Labute approximate surface area is 103 Å². The number of pyridine rings is 1. The third-order valence-electron chi connectivity index (χ3n) is 2.96. The average Bonchev–Trinajstić information content (AvgIpc) is 2.95. The Balaban J connectivity index is 1.93. The molecule has 0 saturated carbocycles. The van der Waals surface area contributed by atoms with Gasteiger partial charge >= 0.3 is 6.16 Å². The van der Waals surface area contributed by atoms with Crippen LogP contribution < -0.4 is 10.1 Å². The SMILES string of the molecule is O=C(O)Oc1ccc2oc([C@@H]3CCCN3)cc2n1. The molecule has 2 N–H and O–H groups in total. The molecule has 18 heavy (non-hydrogen) atoms. The van der Waals surface area contributed by atoms with Crippen molar-refractivity contribution in [2.75, 3.05) is 6.54 Å². The maximum atomic E-state index is 10.4. The van der Waals surface area contributed by atoms with E-state index in [0.29, 0.717) is 11.1 Å². The van der Waals surface area contributed by atoms with Gasteiger partial charge in [-0.25, -0.2) is 9.78 Å². The van der Waals surface area contributed by atoms with Crippen LogP contribution in [0.2, 0.25) is 0 Å². The smallest absolute Gasteiger partial charge is 0.458 e. The van der Waals surface area contributed by atoms with Gasteiger partial charge in [0.1, 0.15) is 11.3 Å². The molecule has 3 rings (SSSR count). The Bertz CT molecular complexity index is 587. The molecule has 0 radical (unpaired) electrons. The van der Waals surface area contributed by atoms with E-state index in [1.165, 1.54) is 6.07 Å². The summed E-state index contributed by atoms with van der Waals surface area (Å²) in [5, 5.41) is 11.9. The minimum absolute atomic E-state index is 0.0572. The van der Waals surface area contributed by atoms with Crippen LogP contribution >= 0.6 is 0 Å². The molecule has 1 atom stereocenters. The average molecular weight is 248 g/mol. The third kappa shape index (κ3) is 2.02. The van der Waals surface area contributed by atoms with Crippen LogP contribution in [0, 0.1) is 0 Å². The van der Waals surface area contributed by atoms with Gasteiger partial charge in [0.15, 0.2) is 5.58 Å². The Morgan fingerprint density at radius 3 is 3.17 bits per heavy atom. The van der Waals surface area contributed by atoms with E-state index in [0.717, 1.165) is 25.1 Å². The summed E-state index contributed by atoms with van der Waals surface area (Å²) >= 11 is 0. The number of aromatic nitrogens is 1. The molecule has 0 unspecified atom stereocenters. The zero-order chi connectivity index (χ0) is 12.5. The van der Waals surface area contributed by atoms with Gasteiger partial charge in [0, 0.05) is 12.1 Å². The fourth-order valence-corrected chi connectivity index (χ4v) is 2.17. The summed E-state index contributed by atoms with van der Waals surface area (Å²) < 4.78 is 10.2. The number of carbonyl (C=O) groups is 1. The number of fused-ring (bicyclic) bond motifs is 1. The molecule has 0 spiro atoms. The molecule has 1 saturated heterocycles. The Morgan fingerprint density at radius 1 is 1.56 bits per heavy atom. The van der Waals surface area contributed by atoms with Crippen molar-refractivity contribution in [3.8, 4) is 5.88 Å². The molecule has 6 heteroatoms. The first-order valence-electron chi connectivity index (χ1n) is 5.77. The number of furan rings is 1. The van der Waals surface area contributed by atoms with Crippen LogP contribution in [0.5, 0.6) is 5.88 Å². The highest BCUT2D eigenvalue weighted by Crippen LogP contribution is 2.29. The maximum absolute atomic E-state index is 10.4. The largest absolute Gasteiger partial charge is 0.512 e. The lowest BCUT2D eigenvalue weighted by atomic mass is 10.2. The second kappa shape index (κ2) is 4.30. The van der Waals surface area contributed by atoms with Gasteiger partial charge in [0.25, 0.3) is 0 Å². The predicted molar refractivity (Wildman–Crippen MR) is 62.6 cm³/mol. The van der Waals surface area contributed by atoms with Crippen LogP contribution in [0.25, 0.3) is 11.1 Å². The number of hydrogen-bond acceptors (Lipinski definition) is 5. The van der Waals surface area contributed by atoms with Crippen LogP contribution in [-0.2, 0) is 0 Å². The van der Waals surface area contributed by atoms with E-state index in [-0.39, 0.29) is 11.9 Å². The number of ether oxygens (including phenoxy) is 1. The van der Waals surface area contributed by atoms with Crippen molar-refractivity contribution in [1.82, 2.24) is 10.3 Å². The summed E-state index contributed by atoms with van der Waals surface area (Å²) in [4.78, 5) is 14.5. The van der Waals surface area contributed by atoms with Gasteiger partial charge in [-0.05, 0) is 25.5 Å². The zero-order valence-corrected chi connectivity index (χ0v) is 9.55. The molecular weight excluding hydrogens is 236 g/mol. The lowest BCUT2D eigenvalue weighted by molar-refractivity contribution is 0.142. The van der Waals surface area contributed by atoms with Gasteiger partial charge in [0.2, 0.25) is 5.88 Å². The standard InChI is InChI=1S/C12H12N2O4/c15-12(16)18-11-4-3-9-8(14-11)6-10(17-9)7-2-1-5-13-7/h3-4,6-7,13H,1-2,5H2,(H,15,16)/t7-/m0/s1. The van der Waals surface area contributed by atoms with Crippen LogP contribution in [0.15, 0.2) is 22.6 Å². The quantitative estimate of drug-likeness (QED) is 0.793. The van der Waals surface area contributed by atoms with E-state index in [9.17, 15) is 4.79 Å². The van der Waals surface area contributed by atoms with Gasteiger partial charge in [-0.1, -0.05) is 0 Å². The maximum Gasteiger partial charge on any atom is 0.512 e. The molecule has 0 bridgehead atoms. The van der Waals surface area contributed by atoms with Crippen molar-refractivity contribution < 1.29 is 19.1 Å². The lowest BCUT2D eigenvalue weighted by Crippen LogP contribution is -2.11. The Kier molecular flexibility index (Phi) is 2.64. The van der Waals surface area contributed by atoms with Gasteiger partial charge in [0.05, 0.1) is 6.04 Å². The normalized spacial score (nSPS) is 19.2. The third-order valence-corrected chi connectivity index (χ3v) is 2.96. The van der Waals surface area contributed by atoms with E-state index in [2.05, 4.69) is 15.0 Å². The minimum Gasteiger partial charge on any atom is -0.458 e. The van der Waals surface area contributed by atoms with E-state index in [4.69, 9.17) is 9.52 Å². The first kappa shape index (κ1) is 11.0. The second-order valence-electron chi connectivity index (χ2n) is 4.20. The summed E-state index contributed by atoms with van der Waals surface area (Å²) in [7, 11) is 0. The van der Waals surface area contributed by atoms with E-state index in [1.807, 2.05) is 6.07 Å². The van der Waals surface area contributed by atoms with Crippen molar-refractivity contribution in [3.63, 3.8) is 0 Å². The monoisotopic (exact) mass is 248 g/mol. The molecule has 0 aliphatic carbocycles. The molecule has 1 aliphatic heterocycles. The van der Waals surface area contributed by atoms with E-state index < -0.39 is 6.16 Å². The van der Waals surface area contributed by atoms with Crippen molar-refractivity contribution in [2.45, 2.75) is 18.9 Å². The molecule has 94 valence electrons. The highest BCUT2D eigenvalue weighted by atomic mass is 16.7.